The Morgan fingerprint density at radius 3 is 2.64 bits per heavy atom. The van der Waals surface area contributed by atoms with Crippen LogP contribution in [0.1, 0.15) is 29.0 Å². The van der Waals surface area contributed by atoms with Crippen molar-refractivity contribution < 1.29 is 19.1 Å². The van der Waals surface area contributed by atoms with Gasteiger partial charge in [0, 0.05) is 18.0 Å². The van der Waals surface area contributed by atoms with Crippen LogP contribution in [-0.4, -0.2) is 50.7 Å². The summed E-state index contributed by atoms with van der Waals surface area (Å²) in [7, 11) is 3.24. The van der Waals surface area contributed by atoms with E-state index in [4.69, 9.17) is 9.47 Å². The lowest BCUT2D eigenvalue weighted by atomic mass is 9.91. The Balaban J connectivity index is 1.91. The van der Waals surface area contributed by atoms with Crippen LogP contribution in [0.2, 0.25) is 0 Å². The third kappa shape index (κ3) is 4.28. The Morgan fingerprint density at radius 2 is 2.00 bits per heavy atom. The molecule has 1 unspecified atom stereocenters. The van der Waals surface area contributed by atoms with Gasteiger partial charge >= 0.3 is 6.03 Å². The number of methoxy groups -OCH3 is 2. The van der Waals surface area contributed by atoms with Gasteiger partial charge in [-0.2, -0.15) is 0 Å². The molecule has 0 aliphatic carbocycles. The molecule has 3 rings (SSSR count). The van der Waals surface area contributed by atoms with Crippen molar-refractivity contribution in [3.05, 3.63) is 45.6 Å². The number of hydrogen-bond acceptors (Lipinski definition) is 6. The first-order chi connectivity index (χ1) is 13.6. The number of fused-ring (bicyclic) bond motifs is 1. The molecule has 2 N–H and O–H groups in total. The van der Waals surface area contributed by atoms with E-state index in [9.17, 15) is 9.59 Å². The van der Waals surface area contributed by atoms with Gasteiger partial charge in [0.1, 0.15) is 0 Å². The van der Waals surface area contributed by atoms with Gasteiger partial charge in [-0.25, -0.2) is 4.79 Å². The molecule has 1 aromatic heterocycles. The first-order valence-electron chi connectivity index (χ1n) is 9.17. The Kier molecular flexibility index (Phi) is 6.53. The van der Waals surface area contributed by atoms with E-state index >= 15 is 0 Å². The number of rotatable bonds is 6. The van der Waals surface area contributed by atoms with Crippen molar-refractivity contribution in [2.45, 2.75) is 19.4 Å². The number of urea groups is 1. The van der Waals surface area contributed by atoms with Crippen molar-refractivity contribution in [1.82, 2.24) is 15.5 Å². The maximum absolute atomic E-state index is 12.4. The average Bonchev–Trinajstić information content (AvgIpc) is 3.20. The van der Waals surface area contributed by atoms with E-state index in [1.54, 1.807) is 32.5 Å². The summed E-state index contributed by atoms with van der Waals surface area (Å²) < 4.78 is 10.9. The van der Waals surface area contributed by atoms with Gasteiger partial charge in [0.2, 0.25) is 5.91 Å². The maximum atomic E-state index is 12.4. The minimum atomic E-state index is -0.469. The van der Waals surface area contributed by atoms with Gasteiger partial charge in [-0.1, -0.05) is 6.07 Å². The molecule has 0 radical (unpaired) electrons. The van der Waals surface area contributed by atoms with Crippen LogP contribution < -0.4 is 20.1 Å². The number of benzene rings is 1. The third-order valence-corrected chi connectivity index (χ3v) is 5.65. The van der Waals surface area contributed by atoms with Crippen molar-refractivity contribution in [3.63, 3.8) is 0 Å². The average molecular weight is 404 g/mol. The molecular formula is C20H25N3O4S. The van der Waals surface area contributed by atoms with Crippen LogP contribution in [0.5, 0.6) is 11.5 Å². The second-order valence-corrected chi connectivity index (χ2v) is 7.43. The SMILES string of the molecule is CCNC(=O)NC(=O)CN1CCc2cc(OC)c(OC)cc2C1c1cccs1. The van der Waals surface area contributed by atoms with Gasteiger partial charge < -0.3 is 14.8 Å². The summed E-state index contributed by atoms with van der Waals surface area (Å²) in [4.78, 5) is 27.3. The standard InChI is InChI=1S/C20H25N3O4S/c1-4-21-20(25)22-18(24)12-23-8-7-13-10-15(26-2)16(27-3)11-14(13)19(23)17-6-5-9-28-17/h5-6,9-11,19H,4,7-8,12H2,1-3H3,(H2,21,22,24,25). The zero-order valence-electron chi connectivity index (χ0n) is 16.3. The molecule has 3 amide bonds. The molecule has 0 saturated heterocycles. The zero-order chi connectivity index (χ0) is 20.1. The second-order valence-electron chi connectivity index (χ2n) is 6.45. The number of carbonyl (C=O) groups is 2. The molecule has 1 aliphatic rings. The molecule has 0 fully saturated rings. The fraction of sp³-hybridized carbons (Fsp3) is 0.400. The summed E-state index contributed by atoms with van der Waals surface area (Å²) in [5, 5.41) is 6.99. The van der Waals surface area contributed by atoms with Crippen molar-refractivity contribution in [2.75, 3.05) is 33.9 Å². The van der Waals surface area contributed by atoms with Crippen LogP contribution in [0.25, 0.3) is 0 Å². The molecule has 2 aromatic rings. The van der Waals surface area contributed by atoms with E-state index in [1.807, 2.05) is 23.6 Å². The van der Waals surface area contributed by atoms with Gasteiger partial charge in [0.05, 0.1) is 26.8 Å². The quantitative estimate of drug-likeness (QED) is 0.775. The van der Waals surface area contributed by atoms with Gasteiger partial charge in [-0.05, 0) is 48.1 Å². The van der Waals surface area contributed by atoms with E-state index in [0.29, 0.717) is 24.6 Å². The molecule has 1 aliphatic heterocycles. The van der Waals surface area contributed by atoms with Crippen LogP contribution in [0.3, 0.4) is 0 Å². The summed E-state index contributed by atoms with van der Waals surface area (Å²) in [5.74, 6) is 1.04. The highest BCUT2D eigenvalue weighted by atomic mass is 32.1. The highest BCUT2D eigenvalue weighted by Crippen LogP contribution is 2.41. The number of thiophene rings is 1. The summed E-state index contributed by atoms with van der Waals surface area (Å²) in [6.07, 6.45) is 0.784. The van der Waals surface area contributed by atoms with Crippen LogP contribution >= 0.6 is 11.3 Å². The Hall–Kier alpha value is -2.58. The highest BCUT2D eigenvalue weighted by molar-refractivity contribution is 7.10. The molecule has 1 atom stereocenters. The second kappa shape index (κ2) is 9.07. The van der Waals surface area contributed by atoms with Crippen LogP contribution in [0.4, 0.5) is 4.79 Å². The molecule has 0 bridgehead atoms. The van der Waals surface area contributed by atoms with Gasteiger partial charge in [-0.15, -0.1) is 11.3 Å². The first kappa shape index (κ1) is 20.2. The fourth-order valence-corrected chi connectivity index (χ4v) is 4.38. The Morgan fingerprint density at radius 1 is 1.25 bits per heavy atom. The minimum absolute atomic E-state index is 0.0801. The van der Waals surface area contributed by atoms with E-state index in [0.717, 1.165) is 16.9 Å². The topological polar surface area (TPSA) is 79.9 Å². The molecule has 7 nitrogen and oxygen atoms in total. The molecule has 0 spiro atoms. The molecule has 28 heavy (non-hydrogen) atoms. The summed E-state index contributed by atoms with van der Waals surface area (Å²) >= 11 is 1.64. The fourth-order valence-electron chi connectivity index (χ4n) is 3.50. The summed E-state index contributed by atoms with van der Waals surface area (Å²) in [6.45, 7) is 3.11. The third-order valence-electron chi connectivity index (χ3n) is 4.72. The van der Waals surface area contributed by atoms with E-state index in [1.165, 1.54) is 5.56 Å². The van der Waals surface area contributed by atoms with Crippen molar-refractivity contribution >= 4 is 23.3 Å². The van der Waals surface area contributed by atoms with Crippen molar-refractivity contribution in [1.29, 1.82) is 0 Å². The largest absolute Gasteiger partial charge is 0.493 e. The molecule has 1 aromatic carbocycles. The smallest absolute Gasteiger partial charge is 0.321 e. The van der Waals surface area contributed by atoms with E-state index in [2.05, 4.69) is 21.6 Å². The van der Waals surface area contributed by atoms with E-state index in [-0.39, 0.29) is 18.5 Å². The Bertz CT molecular complexity index is 838. The minimum Gasteiger partial charge on any atom is -0.493 e. The first-order valence-corrected chi connectivity index (χ1v) is 10.0. The monoisotopic (exact) mass is 403 g/mol. The normalized spacial score (nSPS) is 16.2. The number of nitrogens with one attached hydrogen (secondary N) is 2. The van der Waals surface area contributed by atoms with Crippen LogP contribution in [0, 0.1) is 0 Å². The Labute approximate surface area is 168 Å². The number of amides is 3. The lowest BCUT2D eigenvalue weighted by Gasteiger charge is -2.36. The van der Waals surface area contributed by atoms with Crippen LogP contribution in [0.15, 0.2) is 29.6 Å². The number of nitrogens with zero attached hydrogens (tertiary/aromatic N) is 1. The molecule has 2 heterocycles. The van der Waals surface area contributed by atoms with Gasteiger partial charge in [-0.3, -0.25) is 15.0 Å². The molecule has 0 saturated carbocycles. The number of imide groups is 1. The number of ether oxygens (including phenoxy) is 2. The van der Waals surface area contributed by atoms with Gasteiger partial charge in [0.25, 0.3) is 0 Å². The van der Waals surface area contributed by atoms with Crippen LogP contribution in [-0.2, 0) is 11.2 Å². The lowest BCUT2D eigenvalue weighted by Crippen LogP contribution is -2.47. The maximum Gasteiger partial charge on any atom is 0.321 e. The summed E-state index contributed by atoms with van der Waals surface area (Å²) in [6, 6.07) is 7.53. The van der Waals surface area contributed by atoms with E-state index < -0.39 is 6.03 Å². The van der Waals surface area contributed by atoms with Crippen molar-refractivity contribution in [3.8, 4) is 11.5 Å². The summed E-state index contributed by atoms with van der Waals surface area (Å²) in [5.41, 5.74) is 2.27. The number of carbonyl (C=O) groups excluding carboxylic acids is 2. The lowest BCUT2D eigenvalue weighted by molar-refractivity contribution is -0.121. The number of hydrogen-bond donors (Lipinski definition) is 2. The molecule has 8 heteroatoms. The van der Waals surface area contributed by atoms with Crippen molar-refractivity contribution in [2.24, 2.45) is 0 Å². The van der Waals surface area contributed by atoms with Gasteiger partial charge in [0.15, 0.2) is 11.5 Å². The molecule has 150 valence electrons. The molecular weight excluding hydrogens is 378 g/mol. The predicted octanol–water partition coefficient (Wildman–Crippen LogP) is 2.56. The predicted molar refractivity (Wildman–Crippen MR) is 108 cm³/mol. The zero-order valence-corrected chi connectivity index (χ0v) is 17.1. The highest BCUT2D eigenvalue weighted by Gasteiger charge is 2.32.